The van der Waals surface area contributed by atoms with Crippen molar-refractivity contribution in [3.8, 4) is 0 Å². The second-order valence-corrected chi connectivity index (χ2v) is 6.87. The van der Waals surface area contributed by atoms with Crippen molar-refractivity contribution < 1.29 is 0 Å². The van der Waals surface area contributed by atoms with Crippen molar-refractivity contribution in [3.63, 3.8) is 0 Å². The Morgan fingerprint density at radius 3 is 2.58 bits per heavy atom. The van der Waals surface area contributed by atoms with Crippen LogP contribution >= 0.6 is 0 Å². The number of nitrogens with two attached hydrogens (primary N) is 1. The van der Waals surface area contributed by atoms with Gasteiger partial charge < -0.3 is 5.73 Å². The Kier molecular flexibility index (Phi) is 8.62. The number of aliphatic imine (C=N–C) groups is 2. The minimum absolute atomic E-state index is 0.219. The van der Waals surface area contributed by atoms with Gasteiger partial charge in [0.2, 0.25) is 0 Å². The van der Waals surface area contributed by atoms with Gasteiger partial charge in [0, 0.05) is 12.4 Å². The molecule has 24 heavy (non-hydrogen) atoms. The zero-order valence-corrected chi connectivity index (χ0v) is 15.8. The van der Waals surface area contributed by atoms with Gasteiger partial charge in [0.15, 0.2) is 0 Å². The van der Waals surface area contributed by atoms with Crippen molar-refractivity contribution in [3.05, 3.63) is 46.7 Å². The van der Waals surface area contributed by atoms with Crippen LogP contribution in [0.1, 0.15) is 63.6 Å². The second-order valence-electron chi connectivity index (χ2n) is 6.87. The van der Waals surface area contributed by atoms with E-state index in [-0.39, 0.29) is 5.41 Å². The van der Waals surface area contributed by atoms with Crippen LogP contribution in [0.25, 0.3) is 0 Å². The van der Waals surface area contributed by atoms with Gasteiger partial charge in [0.05, 0.1) is 6.54 Å². The summed E-state index contributed by atoms with van der Waals surface area (Å²) in [5.74, 6) is 0. The van der Waals surface area contributed by atoms with E-state index >= 15 is 0 Å². The highest BCUT2D eigenvalue weighted by Gasteiger charge is 2.18. The number of aryl methyl sites for hydroxylation is 1. The topological polar surface area (TPSA) is 50.7 Å². The molecule has 0 unspecified atom stereocenters. The standard InChI is InChI=1S/C21H33N3/c1-6-8-18-13-20(21(3,4)7-2)10-9-19(18)16-24-15-17(11-12-22)14-23-5/h9-10,13-15H,5-8,11-12,16,22H2,1-4H3/b17-14-,24-15?. The summed E-state index contributed by atoms with van der Waals surface area (Å²) >= 11 is 0. The zero-order chi connectivity index (χ0) is 18.0. The maximum atomic E-state index is 5.61. The molecule has 0 fully saturated rings. The van der Waals surface area contributed by atoms with E-state index in [9.17, 15) is 0 Å². The first kappa shape index (κ1) is 20.3. The summed E-state index contributed by atoms with van der Waals surface area (Å²) in [6, 6.07) is 6.88. The molecule has 3 nitrogen and oxygen atoms in total. The average molecular weight is 328 g/mol. The Labute approximate surface area is 147 Å². The highest BCUT2D eigenvalue weighted by atomic mass is 14.7. The number of nitrogens with zero attached hydrogens (tertiary/aromatic N) is 2. The molecule has 1 aromatic rings. The second kappa shape index (κ2) is 10.2. The molecule has 0 aliphatic carbocycles. The van der Waals surface area contributed by atoms with Crippen molar-refractivity contribution >= 4 is 12.9 Å². The number of hydrogen-bond acceptors (Lipinski definition) is 3. The van der Waals surface area contributed by atoms with E-state index in [1.54, 1.807) is 6.20 Å². The molecule has 0 aliphatic heterocycles. The molecule has 1 rings (SSSR count). The van der Waals surface area contributed by atoms with E-state index in [4.69, 9.17) is 5.73 Å². The van der Waals surface area contributed by atoms with Gasteiger partial charge in [-0.25, -0.2) is 0 Å². The SMILES string of the molecule is C=N/C=C(\C=NCc1ccc(C(C)(C)CC)cc1CCC)CCN. The molecule has 0 amide bonds. The molecule has 2 N–H and O–H groups in total. The Morgan fingerprint density at radius 2 is 2.00 bits per heavy atom. The van der Waals surface area contributed by atoms with Gasteiger partial charge in [-0.3, -0.25) is 9.98 Å². The van der Waals surface area contributed by atoms with Gasteiger partial charge in [-0.15, -0.1) is 0 Å². The van der Waals surface area contributed by atoms with E-state index in [0.717, 1.165) is 31.3 Å². The van der Waals surface area contributed by atoms with Crippen LogP contribution in [0.3, 0.4) is 0 Å². The van der Waals surface area contributed by atoms with Gasteiger partial charge in [0.1, 0.15) is 0 Å². The molecule has 0 atom stereocenters. The van der Waals surface area contributed by atoms with E-state index in [2.05, 4.69) is 62.6 Å². The Balaban J connectivity index is 2.98. The highest BCUT2D eigenvalue weighted by Crippen LogP contribution is 2.29. The first-order valence-electron chi connectivity index (χ1n) is 8.95. The van der Waals surface area contributed by atoms with Crippen molar-refractivity contribution in [2.24, 2.45) is 15.7 Å². The molecular weight excluding hydrogens is 294 g/mol. The van der Waals surface area contributed by atoms with Gasteiger partial charge in [-0.1, -0.05) is 52.3 Å². The third-order valence-electron chi connectivity index (χ3n) is 4.60. The summed E-state index contributed by atoms with van der Waals surface area (Å²) in [5.41, 5.74) is 11.0. The molecule has 0 bridgehead atoms. The Hall–Kier alpha value is -1.74. The van der Waals surface area contributed by atoms with Crippen molar-refractivity contribution in [2.45, 2.75) is 65.3 Å². The normalized spacial score (nSPS) is 12.8. The summed E-state index contributed by atoms with van der Waals surface area (Å²) in [6.45, 7) is 13.9. The lowest BCUT2D eigenvalue weighted by atomic mass is 9.80. The maximum absolute atomic E-state index is 5.61. The van der Waals surface area contributed by atoms with Crippen LogP contribution in [-0.2, 0) is 18.4 Å². The minimum atomic E-state index is 0.219. The quantitative estimate of drug-likeness (QED) is 0.615. The largest absolute Gasteiger partial charge is 0.330 e. The van der Waals surface area contributed by atoms with Crippen molar-refractivity contribution in [1.82, 2.24) is 0 Å². The third-order valence-corrected chi connectivity index (χ3v) is 4.60. The van der Waals surface area contributed by atoms with E-state index < -0.39 is 0 Å². The monoisotopic (exact) mass is 327 g/mol. The molecular formula is C21H33N3. The van der Waals surface area contributed by atoms with E-state index in [1.807, 2.05) is 6.21 Å². The van der Waals surface area contributed by atoms with Gasteiger partial charge >= 0.3 is 0 Å². The third kappa shape index (κ3) is 6.04. The average Bonchev–Trinajstić information content (AvgIpc) is 2.56. The van der Waals surface area contributed by atoms with E-state index in [1.165, 1.54) is 16.7 Å². The summed E-state index contributed by atoms with van der Waals surface area (Å²) in [7, 11) is 0. The van der Waals surface area contributed by atoms with Crippen LogP contribution in [0, 0.1) is 0 Å². The summed E-state index contributed by atoms with van der Waals surface area (Å²) < 4.78 is 0. The summed E-state index contributed by atoms with van der Waals surface area (Å²) in [5, 5.41) is 0. The molecule has 0 heterocycles. The lowest BCUT2D eigenvalue weighted by molar-refractivity contribution is 0.505. The van der Waals surface area contributed by atoms with Crippen LogP contribution in [0.15, 0.2) is 40.0 Å². The lowest BCUT2D eigenvalue weighted by Gasteiger charge is -2.24. The fraction of sp³-hybridized carbons (Fsp3) is 0.524. The number of benzene rings is 1. The first-order valence-corrected chi connectivity index (χ1v) is 8.95. The molecule has 0 spiro atoms. The number of hydrogen-bond donors (Lipinski definition) is 1. The predicted octanol–water partition coefficient (Wildman–Crippen LogP) is 4.83. The van der Waals surface area contributed by atoms with E-state index in [0.29, 0.717) is 13.1 Å². The van der Waals surface area contributed by atoms with Gasteiger partial charge in [0.25, 0.3) is 0 Å². The van der Waals surface area contributed by atoms with Crippen LogP contribution in [0.4, 0.5) is 0 Å². The minimum Gasteiger partial charge on any atom is -0.330 e. The molecule has 0 radical (unpaired) electrons. The van der Waals surface area contributed by atoms with Crippen LogP contribution in [0.2, 0.25) is 0 Å². The Morgan fingerprint density at radius 1 is 1.25 bits per heavy atom. The van der Waals surface area contributed by atoms with Gasteiger partial charge in [-0.05, 0) is 60.2 Å². The van der Waals surface area contributed by atoms with Crippen LogP contribution < -0.4 is 5.73 Å². The number of rotatable bonds is 10. The summed E-state index contributed by atoms with van der Waals surface area (Å²) in [6.07, 6.45) is 7.76. The lowest BCUT2D eigenvalue weighted by Crippen LogP contribution is -2.16. The van der Waals surface area contributed by atoms with Gasteiger partial charge in [-0.2, -0.15) is 0 Å². The molecule has 0 saturated carbocycles. The van der Waals surface area contributed by atoms with Crippen molar-refractivity contribution in [1.29, 1.82) is 0 Å². The fourth-order valence-corrected chi connectivity index (χ4v) is 2.61. The predicted molar refractivity (Wildman–Crippen MR) is 107 cm³/mol. The molecule has 0 aromatic heterocycles. The highest BCUT2D eigenvalue weighted by molar-refractivity contribution is 5.78. The molecule has 3 heteroatoms. The molecule has 1 aromatic carbocycles. The first-order chi connectivity index (χ1) is 11.5. The molecule has 0 saturated heterocycles. The maximum Gasteiger partial charge on any atom is 0.0642 e. The fourth-order valence-electron chi connectivity index (χ4n) is 2.61. The van der Waals surface area contributed by atoms with Crippen LogP contribution in [0.5, 0.6) is 0 Å². The molecule has 132 valence electrons. The zero-order valence-electron chi connectivity index (χ0n) is 15.8. The van der Waals surface area contributed by atoms with Crippen molar-refractivity contribution in [2.75, 3.05) is 6.54 Å². The molecule has 0 aliphatic rings. The van der Waals surface area contributed by atoms with Crippen LogP contribution in [-0.4, -0.2) is 19.5 Å². The summed E-state index contributed by atoms with van der Waals surface area (Å²) in [4.78, 5) is 8.41. The smallest absolute Gasteiger partial charge is 0.0642 e. The Bertz CT molecular complexity index is 583.